The molecule has 0 radical (unpaired) electrons. The van der Waals surface area contributed by atoms with Crippen LogP contribution in [-0.2, 0) is 14.9 Å². The number of aliphatic imine (C=N–C) groups is 1. The SMILES string of the molecule is CN(C)C(=O)CN=C(NCC1CCCO1)NCC1(c2ccccc2Cl)CC1. The van der Waals surface area contributed by atoms with Crippen LogP contribution in [0.1, 0.15) is 31.2 Å². The third kappa shape index (κ3) is 5.36. The van der Waals surface area contributed by atoms with Gasteiger partial charge in [0.1, 0.15) is 6.54 Å². The number of ether oxygens (including phenoxy) is 1. The highest BCUT2D eigenvalue weighted by Gasteiger charge is 2.45. The summed E-state index contributed by atoms with van der Waals surface area (Å²) in [5.74, 6) is 0.625. The van der Waals surface area contributed by atoms with Crippen LogP contribution in [0.3, 0.4) is 0 Å². The Balaban J connectivity index is 1.62. The van der Waals surface area contributed by atoms with E-state index in [0.29, 0.717) is 12.5 Å². The Morgan fingerprint density at radius 3 is 2.74 bits per heavy atom. The molecule has 6 nitrogen and oxygen atoms in total. The lowest BCUT2D eigenvalue weighted by Gasteiger charge is -2.21. The van der Waals surface area contributed by atoms with E-state index in [0.717, 1.165) is 43.9 Å². The van der Waals surface area contributed by atoms with Crippen molar-refractivity contribution in [2.24, 2.45) is 4.99 Å². The summed E-state index contributed by atoms with van der Waals surface area (Å²) in [5, 5.41) is 7.56. The lowest BCUT2D eigenvalue weighted by Crippen LogP contribution is -2.44. The maximum atomic E-state index is 11.9. The van der Waals surface area contributed by atoms with Gasteiger partial charge >= 0.3 is 0 Å². The summed E-state index contributed by atoms with van der Waals surface area (Å²) >= 11 is 6.41. The number of hydrogen-bond acceptors (Lipinski definition) is 3. The molecule has 1 amide bonds. The molecule has 0 spiro atoms. The summed E-state index contributed by atoms with van der Waals surface area (Å²) in [7, 11) is 3.47. The van der Waals surface area contributed by atoms with Crippen LogP contribution in [0.25, 0.3) is 0 Å². The van der Waals surface area contributed by atoms with Crippen molar-refractivity contribution in [3.8, 4) is 0 Å². The predicted octanol–water partition coefficient (Wildman–Crippen LogP) is 2.17. The smallest absolute Gasteiger partial charge is 0.243 e. The maximum absolute atomic E-state index is 11.9. The summed E-state index contributed by atoms with van der Waals surface area (Å²) < 4.78 is 5.67. The zero-order valence-electron chi connectivity index (χ0n) is 16.1. The number of guanidine groups is 1. The van der Waals surface area contributed by atoms with Crippen LogP contribution in [0.15, 0.2) is 29.3 Å². The molecule has 2 aliphatic rings. The highest BCUT2D eigenvalue weighted by atomic mass is 35.5. The van der Waals surface area contributed by atoms with Crippen molar-refractivity contribution in [2.75, 3.05) is 40.3 Å². The number of amides is 1. The van der Waals surface area contributed by atoms with Gasteiger partial charge in [-0.3, -0.25) is 4.79 Å². The fraction of sp³-hybridized carbons (Fsp3) is 0.600. The Labute approximate surface area is 166 Å². The van der Waals surface area contributed by atoms with Crippen LogP contribution < -0.4 is 10.6 Å². The average molecular weight is 393 g/mol. The molecular formula is C20H29ClN4O2. The van der Waals surface area contributed by atoms with Gasteiger partial charge in [0.15, 0.2) is 5.96 Å². The van der Waals surface area contributed by atoms with Gasteiger partial charge in [0, 0.05) is 44.2 Å². The molecule has 1 aromatic rings. The number of nitrogens with one attached hydrogen (secondary N) is 2. The molecule has 148 valence electrons. The van der Waals surface area contributed by atoms with E-state index >= 15 is 0 Å². The van der Waals surface area contributed by atoms with Crippen LogP contribution in [0.5, 0.6) is 0 Å². The fourth-order valence-corrected chi connectivity index (χ4v) is 3.65. The molecule has 1 saturated carbocycles. The normalized spacial score (nSPS) is 21.0. The molecule has 1 aliphatic heterocycles. The van der Waals surface area contributed by atoms with E-state index in [1.54, 1.807) is 19.0 Å². The first kappa shape index (κ1) is 20.0. The van der Waals surface area contributed by atoms with Crippen molar-refractivity contribution in [1.29, 1.82) is 0 Å². The number of nitrogens with zero attached hydrogens (tertiary/aromatic N) is 2. The molecule has 0 aromatic heterocycles. The minimum atomic E-state index is -0.0274. The average Bonchev–Trinajstić information content (AvgIpc) is 3.25. The number of likely N-dealkylation sites (N-methyl/N-ethyl adjacent to an activating group) is 1. The van der Waals surface area contributed by atoms with Gasteiger partial charge in [0.05, 0.1) is 6.10 Å². The van der Waals surface area contributed by atoms with E-state index in [1.807, 2.05) is 18.2 Å². The summed E-state index contributed by atoms with van der Waals surface area (Å²) in [6.45, 7) is 2.37. The van der Waals surface area contributed by atoms with Crippen molar-refractivity contribution >= 4 is 23.5 Å². The number of carbonyl (C=O) groups is 1. The molecule has 3 rings (SSSR count). The van der Waals surface area contributed by atoms with Crippen LogP contribution in [0.4, 0.5) is 0 Å². The summed E-state index contributed by atoms with van der Waals surface area (Å²) in [6, 6.07) is 8.03. The summed E-state index contributed by atoms with van der Waals surface area (Å²) in [6.07, 6.45) is 4.56. The van der Waals surface area contributed by atoms with E-state index in [-0.39, 0.29) is 24.0 Å². The Morgan fingerprint density at radius 2 is 2.11 bits per heavy atom. The molecule has 27 heavy (non-hydrogen) atoms. The van der Waals surface area contributed by atoms with E-state index in [4.69, 9.17) is 16.3 Å². The number of rotatable bonds is 7. The van der Waals surface area contributed by atoms with Gasteiger partial charge in [-0.1, -0.05) is 29.8 Å². The zero-order chi connectivity index (χ0) is 19.3. The summed E-state index contributed by atoms with van der Waals surface area (Å²) in [5.41, 5.74) is 1.23. The lowest BCUT2D eigenvalue weighted by molar-refractivity contribution is -0.127. The maximum Gasteiger partial charge on any atom is 0.243 e. The zero-order valence-corrected chi connectivity index (χ0v) is 16.9. The van der Waals surface area contributed by atoms with Gasteiger partial charge in [0.25, 0.3) is 0 Å². The highest BCUT2D eigenvalue weighted by Crippen LogP contribution is 2.49. The van der Waals surface area contributed by atoms with Crippen molar-refractivity contribution in [3.63, 3.8) is 0 Å². The van der Waals surface area contributed by atoms with Crippen LogP contribution in [0, 0.1) is 0 Å². The summed E-state index contributed by atoms with van der Waals surface area (Å²) in [4.78, 5) is 17.9. The minimum absolute atomic E-state index is 0.0274. The van der Waals surface area contributed by atoms with E-state index in [1.165, 1.54) is 5.56 Å². The quantitative estimate of drug-likeness (QED) is 0.551. The molecule has 1 saturated heterocycles. The van der Waals surface area contributed by atoms with Gasteiger partial charge in [0.2, 0.25) is 5.91 Å². The van der Waals surface area contributed by atoms with Crippen molar-refractivity contribution < 1.29 is 9.53 Å². The van der Waals surface area contributed by atoms with E-state index in [9.17, 15) is 4.79 Å². The van der Waals surface area contributed by atoms with E-state index in [2.05, 4.69) is 21.7 Å². The molecule has 2 N–H and O–H groups in total. The molecule has 1 atom stereocenters. The largest absolute Gasteiger partial charge is 0.376 e. The number of carbonyl (C=O) groups excluding carboxylic acids is 1. The molecule has 1 aliphatic carbocycles. The van der Waals surface area contributed by atoms with Gasteiger partial charge < -0.3 is 20.3 Å². The molecule has 2 fully saturated rings. The Kier molecular flexibility index (Phi) is 6.60. The van der Waals surface area contributed by atoms with Crippen molar-refractivity contribution in [3.05, 3.63) is 34.9 Å². The first-order valence-corrected chi connectivity index (χ1v) is 9.97. The standard InChI is InChI=1S/C20H29ClN4O2/c1-25(2)18(26)13-23-19(22-12-15-6-5-11-27-15)24-14-20(9-10-20)16-7-3-4-8-17(16)21/h3-4,7-8,15H,5-6,9-14H2,1-2H3,(H2,22,23,24). The van der Waals surface area contributed by atoms with Crippen molar-refractivity contribution in [1.82, 2.24) is 15.5 Å². The van der Waals surface area contributed by atoms with Gasteiger partial charge in [-0.05, 0) is 37.3 Å². The fourth-order valence-electron chi connectivity index (χ4n) is 3.31. The van der Waals surface area contributed by atoms with Crippen LogP contribution in [0.2, 0.25) is 5.02 Å². The molecular weight excluding hydrogens is 364 g/mol. The highest BCUT2D eigenvalue weighted by molar-refractivity contribution is 6.31. The molecule has 1 heterocycles. The Morgan fingerprint density at radius 1 is 1.33 bits per heavy atom. The van der Waals surface area contributed by atoms with Gasteiger partial charge in [-0.15, -0.1) is 0 Å². The second-order valence-corrected chi connectivity index (χ2v) is 7.99. The molecule has 0 bridgehead atoms. The third-order valence-corrected chi connectivity index (χ3v) is 5.61. The first-order valence-electron chi connectivity index (χ1n) is 9.59. The van der Waals surface area contributed by atoms with E-state index < -0.39 is 0 Å². The van der Waals surface area contributed by atoms with Gasteiger partial charge in [-0.2, -0.15) is 0 Å². The number of halogens is 1. The van der Waals surface area contributed by atoms with Crippen LogP contribution >= 0.6 is 11.6 Å². The number of benzene rings is 1. The van der Waals surface area contributed by atoms with Crippen LogP contribution in [-0.4, -0.2) is 63.2 Å². The molecule has 1 aromatic carbocycles. The third-order valence-electron chi connectivity index (χ3n) is 5.29. The Hall–Kier alpha value is -1.79. The molecule has 7 heteroatoms. The number of hydrogen-bond donors (Lipinski definition) is 2. The first-order chi connectivity index (χ1) is 13.0. The molecule has 1 unspecified atom stereocenters. The lowest BCUT2D eigenvalue weighted by atomic mass is 9.96. The topological polar surface area (TPSA) is 66.0 Å². The Bertz CT molecular complexity index is 682. The predicted molar refractivity (Wildman–Crippen MR) is 108 cm³/mol. The second-order valence-electron chi connectivity index (χ2n) is 7.58. The van der Waals surface area contributed by atoms with Gasteiger partial charge in [-0.25, -0.2) is 4.99 Å². The minimum Gasteiger partial charge on any atom is -0.376 e. The second kappa shape index (κ2) is 8.93. The monoisotopic (exact) mass is 392 g/mol. The van der Waals surface area contributed by atoms with Crippen molar-refractivity contribution in [2.45, 2.75) is 37.2 Å².